The van der Waals surface area contributed by atoms with Crippen molar-refractivity contribution in [1.82, 2.24) is 10.2 Å². The lowest BCUT2D eigenvalue weighted by Gasteiger charge is -2.50. The van der Waals surface area contributed by atoms with E-state index in [-0.39, 0.29) is 24.2 Å². The predicted octanol–water partition coefficient (Wildman–Crippen LogP) is 4.37. The quantitative estimate of drug-likeness (QED) is 0.888. The van der Waals surface area contributed by atoms with Gasteiger partial charge in [0.25, 0.3) is 0 Å². The SMILES string of the molecule is C[C@@H]1[C@H](NC(=O)OC(C)(C)C)CN1C(c1ccccc1)c1ccccc1. The van der Waals surface area contributed by atoms with E-state index in [1.807, 2.05) is 32.9 Å². The molecule has 2 aromatic rings. The lowest BCUT2D eigenvalue weighted by molar-refractivity contribution is 0.00845. The van der Waals surface area contributed by atoms with Gasteiger partial charge in [0.2, 0.25) is 0 Å². The monoisotopic (exact) mass is 352 g/mol. The average molecular weight is 352 g/mol. The molecule has 0 aromatic heterocycles. The van der Waals surface area contributed by atoms with Gasteiger partial charge in [-0.2, -0.15) is 0 Å². The number of hydrogen-bond donors (Lipinski definition) is 1. The van der Waals surface area contributed by atoms with Crippen LogP contribution in [0.2, 0.25) is 0 Å². The molecule has 4 heteroatoms. The van der Waals surface area contributed by atoms with Gasteiger partial charge in [0.1, 0.15) is 5.60 Å². The fourth-order valence-electron chi connectivity index (χ4n) is 3.45. The van der Waals surface area contributed by atoms with Crippen LogP contribution < -0.4 is 5.32 Å². The van der Waals surface area contributed by atoms with Gasteiger partial charge in [-0.15, -0.1) is 0 Å². The summed E-state index contributed by atoms with van der Waals surface area (Å²) in [6.45, 7) is 8.59. The van der Waals surface area contributed by atoms with Crippen LogP contribution in [0.5, 0.6) is 0 Å². The molecule has 1 fully saturated rings. The van der Waals surface area contributed by atoms with Crippen molar-refractivity contribution in [3.8, 4) is 0 Å². The fraction of sp³-hybridized carbons (Fsp3) is 0.409. The molecule has 0 bridgehead atoms. The highest BCUT2D eigenvalue weighted by Gasteiger charge is 2.42. The lowest BCUT2D eigenvalue weighted by Crippen LogP contribution is -2.66. The summed E-state index contributed by atoms with van der Waals surface area (Å²) in [5.41, 5.74) is 2.05. The minimum absolute atomic E-state index is 0.0970. The van der Waals surface area contributed by atoms with E-state index in [4.69, 9.17) is 4.74 Å². The molecule has 3 rings (SSSR count). The smallest absolute Gasteiger partial charge is 0.407 e. The van der Waals surface area contributed by atoms with Crippen molar-refractivity contribution < 1.29 is 9.53 Å². The summed E-state index contributed by atoms with van der Waals surface area (Å²) < 4.78 is 5.39. The summed E-state index contributed by atoms with van der Waals surface area (Å²) in [6, 6.07) is 21.6. The number of carbonyl (C=O) groups excluding carboxylic acids is 1. The molecule has 1 heterocycles. The van der Waals surface area contributed by atoms with Gasteiger partial charge in [-0.1, -0.05) is 60.7 Å². The van der Waals surface area contributed by atoms with E-state index in [0.717, 1.165) is 6.54 Å². The molecule has 1 aliphatic rings. The fourth-order valence-corrected chi connectivity index (χ4v) is 3.45. The summed E-state index contributed by atoms with van der Waals surface area (Å²) in [5, 5.41) is 3.01. The van der Waals surface area contributed by atoms with Gasteiger partial charge in [-0.25, -0.2) is 4.79 Å². The highest BCUT2D eigenvalue weighted by Crippen LogP contribution is 2.35. The van der Waals surface area contributed by atoms with Crippen LogP contribution in [0, 0.1) is 0 Å². The normalized spacial score (nSPS) is 20.5. The Morgan fingerprint density at radius 1 is 1.04 bits per heavy atom. The molecule has 1 amide bonds. The Hall–Kier alpha value is -2.33. The van der Waals surface area contributed by atoms with Crippen molar-refractivity contribution in [1.29, 1.82) is 0 Å². The number of rotatable bonds is 4. The van der Waals surface area contributed by atoms with E-state index in [2.05, 4.69) is 65.7 Å². The van der Waals surface area contributed by atoms with Crippen LogP contribution in [-0.2, 0) is 4.74 Å². The van der Waals surface area contributed by atoms with Crippen molar-refractivity contribution >= 4 is 6.09 Å². The minimum atomic E-state index is -0.479. The summed E-state index contributed by atoms with van der Waals surface area (Å²) in [7, 11) is 0. The topological polar surface area (TPSA) is 41.6 Å². The largest absolute Gasteiger partial charge is 0.444 e. The van der Waals surface area contributed by atoms with Crippen LogP contribution in [0.1, 0.15) is 44.9 Å². The van der Waals surface area contributed by atoms with Gasteiger partial charge in [0.05, 0.1) is 12.1 Å². The summed E-state index contributed by atoms with van der Waals surface area (Å²) in [5.74, 6) is 0. The molecule has 0 saturated carbocycles. The lowest BCUT2D eigenvalue weighted by atomic mass is 9.88. The molecule has 0 spiro atoms. The van der Waals surface area contributed by atoms with E-state index in [1.54, 1.807) is 0 Å². The first-order chi connectivity index (χ1) is 12.3. The predicted molar refractivity (Wildman–Crippen MR) is 104 cm³/mol. The van der Waals surface area contributed by atoms with Crippen LogP contribution in [0.15, 0.2) is 60.7 Å². The second kappa shape index (κ2) is 7.50. The molecule has 0 radical (unpaired) electrons. The van der Waals surface area contributed by atoms with Crippen LogP contribution in [0.3, 0.4) is 0 Å². The van der Waals surface area contributed by atoms with Crippen molar-refractivity contribution in [2.75, 3.05) is 6.54 Å². The van der Waals surface area contributed by atoms with Gasteiger partial charge in [0.15, 0.2) is 0 Å². The van der Waals surface area contributed by atoms with Gasteiger partial charge >= 0.3 is 6.09 Å². The Labute approximate surface area is 156 Å². The first kappa shape index (κ1) is 18.5. The molecule has 2 atom stereocenters. The Balaban J connectivity index is 1.73. The minimum Gasteiger partial charge on any atom is -0.444 e. The maximum atomic E-state index is 12.1. The molecular formula is C22H28N2O2. The Morgan fingerprint density at radius 3 is 1.96 bits per heavy atom. The molecule has 1 saturated heterocycles. The number of carbonyl (C=O) groups is 1. The van der Waals surface area contributed by atoms with Crippen LogP contribution in [0.25, 0.3) is 0 Å². The number of ether oxygens (including phenoxy) is 1. The summed E-state index contributed by atoms with van der Waals surface area (Å²) in [4.78, 5) is 14.5. The number of alkyl carbamates (subject to hydrolysis) is 1. The molecule has 138 valence electrons. The number of benzene rings is 2. The second-order valence-electron chi connectivity index (χ2n) is 7.91. The molecule has 2 aromatic carbocycles. The Bertz CT molecular complexity index is 685. The van der Waals surface area contributed by atoms with Gasteiger partial charge in [0, 0.05) is 12.6 Å². The molecule has 4 nitrogen and oxygen atoms in total. The van der Waals surface area contributed by atoms with Gasteiger partial charge in [-0.3, -0.25) is 4.90 Å². The standard InChI is InChI=1S/C22H28N2O2/c1-16-19(23-21(25)26-22(2,3)4)15-24(16)20(17-11-7-5-8-12-17)18-13-9-6-10-14-18/h5-14,16,19-20H,15H2,1-4H3,(H,23,25)/t16-,19-/m1/s1. The van der Waals surface area contributed by atoms with E-state index in [1.165, 1.54) is 11.1 Å². The van der Waals surface area contributed by atoms with Crippen molar-refractivity contribution in [3.05, 3.63) is 71.8 Å². The van der Waals surface area contributed by atoms with Crippen molar-refractivity contribution in [2.45, 2.75) is 51.4 Å². The molecule has 1 aliphatic heterocycles. The molecule has 0 unspecified atom stereocenters. The third kappa shape index (κ3) is 4.25. The van der Waals surface area contributed by atoms with Crippen molar-refractivity contribution in [2.24, 2.45) is 0 Å². The zero-order valence-corrected chi connectivity index (χ0v) is 16.0. The van der Waals surface area contributed by atoms with Crippen LogP contribution >= 0.6 is 0 Å². The zero-order chi connectivity index (χ0) is 18.7. The zero-order valence-electron chi connectivity index (χ0n) is 16.0. The van der Waals surface area contributed by atoms with Gasteiger partial charge in [-0.05, 0) is 38.8 Å². The first-order valence-corrected chi connectivity index (χ1v) is 9.20. The number of nitrogens with one attached hydrogen (secondary N) is 1. The number of likely N-dealkylation sites (tertiary alicyclic amines) is 1. The Kier molecular flexibility index (Phi) is 5.33. The van der Waals surface area contributed by atoms with Crippen LogP contribution in [0.4, 0.5) is 4.79 Å². The molecular weight excluding hydrogens is 324 g/mol. The first-order valence-electron chi connectivity index (χ1n) is 9.20. The number of nitrogens with zero attached hydrogens (tertiary/aromatic N) is 1. The van der Waals surface area contributed by atoms with Crippen molar-refractivity contribution in [3.63, 3.8) is 0 Å². The highest BCUT2D eigenvalue weighted by molar-refractivity contribution is 5.68. The molecule has 26 heavy (non-hydrogen) atoms. The second-order valence-corrected chi connectivity index (χ2v) is 7.91. The van der Waals surface area contributed by atoms with E-state index in [9.17, 15) is 4.79 Å². The highest BCUT2D eigenvalue weighted by atomic mass is 16.6. The number of hydrogen-bond acceptors (Lipinski definition) is 3. The number of amides is 1. The van der Waals surface area contributed by atoms with E-state index >= 15 is 0 Å². The molecule has 1 N–H and O–H groups in total. The van der Waals surface area contributed by atoms with Crippen LogP contribution in [-0.4, -0.2) is 35.2 Å². The third-order valence-electron chi connectivity index (χ3n) is 4.78. The maximum Gasteiger partial charge on any atom is 0.407 e. The molecule has 0 aliphatic carbocycles. The van der Waals surface area contributed by atoms with E-state index in [0.29, 0.717) is 0 Å². The maximum absolute atomic E-state index is 12.1. The van der Waals surface area contributed by atoms with E-state index < -0.39 is 5.60 Å². The summed E-state index contributed by atoms with van der Waals surface area (Å²) in [6.07, 6.45) is -0.343. The summed E-state index contributed by atoms with van der Waals surface area (Å²) >= 11 is 0. The Morgan fingerprint density at radius 2 is 1.54 bits per heavy atom. The third-order valence-corrected chi connectivity index (χ3v) is 4.78. The van der Waals surface area contributed by atoms with Gasteiger partial charge < -0.3 is 10.1 Å². The average Bonchev–Trinajstić information content (AvgIpc) is 2.60.